The first kappa shape index (κ1) is 19.4. The Labute approximate surface area is 160 Å². The molecular formula is C21H18F3N3O. The molecule has 144 valence electrons. The second kappa shape index (κ2) is 8.12. The van der Waals surface area contributed by atoms with Crippen molar-refractivity contribution < 1.29 is 18.0 Å². The van der Waals surface area contributed by atoms with Gasteiger partial charge in [0.1, 0.15) is 5.69 Å². The molecule has 0 spiro atoms. The number of carbonyl (C=O) groups excluding carboxylic acids is 1. The number of alkyl halides is 3. The standard InChI is InChI=1S/C21H18F3N3O/c1-27(14-15-6-3-2-4-7-15)18-10-11-19(25-13-18)20(28)26-17-9-5-8-16(12-17)21(22,23)24/h2-13H,14H2,1H3,(H,26,28). The van der Waals surface area contributed by atoms with E-state index in [0.717, 1.165) is 23.4 Å². The average Bonchev–Trinajstić information content (AvgIpc) is 2.68. The van der Waals surface area contributed by atoms with Crippen molar-refractivity contribution in [1.82, 2.24) is 4.98 Å². The van der Waals surface area contributed by atoms with Gasteiger partial charge in [0, 0.05) is 19.3 Å². The van der Waals surface area contributed by atoms with Crippen LogP contribution in [0.5, 0.6) is 0 Å². The summed E-state index contributed by atoms with van der Waals surface area (Å²) in [4.78, 5) is 18.4. The van der Waals surface area contributed by atoms with Crippen molar-refractivity contribution in [3.8, 4) is 0 Å². The topological polar surface area (TPSA) is 45.2 Å². The highest BCUT2D eigenvalue weighted by molar-refractivity contribution is 6.03. The predicted molar refractivity (Wildman–Crippen MR) is 102 cm³/mol. The minimum atomic E-state index is -4.47. The fourth-order valence-electron chi connectivity index (χ4n) is 2.66. The van der Waals surface area contributed by atoms with E-state index in [1.165, 1.54) is 12.1 Å². The number of rotatable bonds is 5. The number of benzene rings is 2. The number of carbonyl (C=O) groups is 1. The van der Waals surface area contributed by atoms with Gasteiger partial charge in [-0.25, -0.2) is 4.98 Å². The summed E-state index contributed by atoms with van der Waals surface area (Å²) < 4.78 is 38.3. The van der Waals surface area contributed by atoms with Crippen LogP contribution in [-0.4, -0.2) is 17.9 Å². The SMILES string of the molecule is CN(Cc1ccccc1)c1ccc(C(=O)Nc2cccc(C(F)(F)F)c2)nc1. The van der Waals surface area contributed by atoms with Crippen molar-refractivity contribution in [3.63, 3.8) is 0 Å². The first-order chi connectivity index (χ1) is 13.3. The molecular weight excluding hydrogens is 367 g/mol. The van der Waals surface area contributed by atoms with Gasteiger partial charge in [-0.05, 0) is 35.9 Å². The van der Waals surface area contributed by atoms with Gasteiger partial charge in [0.2, 0.25) is 0 Å². The number of anilines is 2. The molecule has 7 heteroatoms. The lowest BCUT2D eigenvalue weighted by Crippen LogP contribution is -2.18. The largest absolute Gasteiger partial charge is 0.416 e. The maximum absolute atomic E-state index is 12.8. The third-order valence-corrected chi connectivity index (χ3v) is 4.13. The summed E-state index contributed by atoms with van der Waals surface area (Å²) in [6.07, 6.45) is -2.91. The van der Waals surface area contributed by atoms with Crippen LogP contribution in [0, 0.1) is 0 Å². The van der Waals surface area contributed by atoms with E-state index >= 15 is 0 Å². The molecule has 4 nitrogen and oxygen atoms in total. The average molecular weight is 385 g/mol. The van der Waals surface area contributed by atoms with Gasteiger partial charge in [-0.2, -0.15) is 13.2 Å². The zero-order chi connectivity index (χ0) is 20.1. The van der Waals surface area contributed by atoms with E-state index in [9.17, 15) is 18.0 Å². The number of aromatic nitrogens is 1. The molecule has 0 unspecified atom stereocenters. The van der Waals surface area contributed by atoms with Crippen molar-refractivity contribution >= 4 is 17.3 Å². The molecule has 28 heavy (non-hydrogen) atoms. The second-order valence-electron chi connectivity index (χ2n) is 6.28. The molecule has 0 saturated carbocycles. The molecule has 3 rings (SSSR count). The fraction of sp³-hybridized carbons (Fsp3) is 0.143. The third-order valence-electron chi connectivity index (χ3n) is 4.13. The summed E-state index contributed by atoms with van der Waals surface area (Å²) in [7, 11) is 1.91. The van der Waals surface area contributed by atoms with Crippen LogP contribution in [0.2, 0.25) is 0 Å². The summed E-state index contributed by atoms with van der Waals surface area (Å²) in [6.45, 7) is 0.679. The van der Waals surface area contributed by atoms with Gasteiger partial charge in [-0.15, -0.1) is 0 Å². The highest BCUT2D eigenvalue weighted by Gasteiger charge is 2.30. The minimum Gasteiger partial charge on any atom is -0.369 e. The van der Waals surface area contributed by atoms with E-state index in [0.29, 0.717) is 6.54 Å². The number of amides is 1. The predicted octanol–water partition coefficient (Wildman–Crippen LogP) is 4.99. The van der Waals surface area contributed by atoms with Gasteiger partial charge in [0.25, 0.3) is 5.91 Å². The van der Waals surface area contributed by atoms with Crippen LogP contribution in [-0.2, 0) is 12.7 Å². The number of nitrogens with zero attached hydrogens (tertiary/aromatic N) is 2. The normalized spacial score (nSPS) is 11.1. The molecule has 1 aromatic heterocycles. The Morgan fingerprint density at radius 2 is 1.79 bits per heavy atom. The molecule has 0 radical (unpaired) electrons. The molecule has 0 atom stereocenters. The summed E-state index contributed by atoms with van der Waals surface area (Å²) in [5.74, 6) is -0.573. The Bertz CT molecular complexity index is 941. The number of hydrogen-bond acceptors (Lipinski definition) is 3. The molecule has 1 N–H and O–H groups in total. The van der Waals surface area contributed by atoms with Gasteiger partial charge in [-0.1, -0.05) is 36.4 Å². The van der Waals surface area contributed by atoms with Crippen LogP contribution in [0.3, 0.4) is 0 Å². The Balaban J connectivity index is 1.67. The quantitative estimate of drug-likeness (QED) is 0.673. The van der Waals surface area contributed by atoms with Gasteiger partial charge < -0.3 is 10.2 Å². The maximum atomic E-state index is 12.8. The monoisotopic (exact) mass is 385 g/mol. The van der Waals surface area contributed by atoms with E-state index in [-0.39, 0.29) is 11.4 Å². The Hall–Kier alpha value is -3.35. The van der Waals surface area contributed by atoms with E-state index < -0.39 is 17.6 Å². The Morgan fingerprint density at radius 1 is 1.04 bits per heavy atom. The van der Waals surface area contributed by atoms with Crippen molar-refractivity contribution in [1.29, 1.82) is 0 Å². The van der Waals surface area contributed by atoms with Gasteiger partial charge >= 0.3 is 6.18 Å². The molecule has 1 amide bonds. The Kier molecular flexibility index (Phi) is 5.63. The minimum absolute atomic E-state index is 0.0619. The number of hydrogen-bond donors (Lipinski definition) is 1. The first-order valence-corrected chi connectivity index (χ1v) is 8.52. The molecule has 0 saturated heterocycles. The van der Waals surface area contributed by atoms with E-state index in [2.05, 4.69) is 10.3 Å². The summed E-state index contributed by atoms with van der Waals surface area (Å²) in [5.41, 5.74) is 1.31. The number of pyridine rings is 1. The zero-order valence-corrected chi connectivity index (χ0v) is 15.1. The van der Waals surface area contributed by atoms with Gasteiger partial charge in [0.15, 0.2) is 0 Å². The van der Waals surface area contributed by atoms with Gasteiger partial charge in [0.05, 0.1) is 17.4 Å². The molecule has 1 heterocycles. The van der Waals surface area contributed by atoms with Crippen molar-refractivity contribution in [3.05, 3.63) is 89.7 Å². The summed E-state index contributed by atoms with van der Waals surface area (Å²) in [5, 5.41) is 2.44. The third kappa shape index (κ3) is 4.88. The number of halogens is 3. The lowest BCUT2D eigenvalue weighted by atomic mass is 10.2. The van der Waals surface area contributed by atoms with Crippen LogP contribution in [0.1, 0.15) is 21.6 Å². The highest BCUT2D eigenvalue weighted by Crippen LogP contribution is 2.30. The van der Waals surface area contributed by atoms with Gasteiger partial charge in [-0.3, -0.25) is 4.79 Å². The van der Waals surface area contributed by atoms with E-state index in [1.54, 1.807) is 18.3 Å². The van der Waals surface area contributed by atoms with Crippen molar-refractivity contribution in [2.75, 3.05) is 17.3 Å². The van der Waals surface area contributed by atoms with Crippen LogP contribution in [0.25, 0.3) is 0 Å². The van der Waals surface area contributed by atoms with Crippen molar-refractivity contribution in [2.24, 2.45) is 0 Å². The lowest BCUT2D eigenvalue weighted by Gasteiger charge is -2.19. The molecule has 0 aliphatic rings. The molecule has 0 aliphatic heterocycles. The molecule has 0 aliphatic carbocycles. The molecule has 3 aromatic rings. The highest BCUT2D eigenvalue weighted by atomic mass is 19.4. The summed E-state index contributed by atoms with van der Waals surface area (Å²) >= 11 is 0. The van der Waals surface area contributed by atoms with Crippen molar-refractivity contribution in [2.45, 2.75) is 12.7 Å². The molecule has 0 bridgehead atoms. The van der Waals surface area contributed by atoms with Crippen LogP contribution < -0.4 is 10.2 Å². The maximum Gasteiger partial charge on any atom is 0.416 e. The van der Waals surface area contributed by atoms with Crippen LogP contribution in [0.4, 0.5) is 24.5 Å². The first-order valence-electron chi connectivity index (χ1n) is 8.52. The molecule has 2 aromatic carbocycles. The smallest absolute Gasteiger partial charge is 0.369 e. The van der Waals surface area contributed by atoms with E-state index in [4.69, 9.17) is 0 Å². The van der Waals surface area contributed by atoms with E-state index in [1.807, 2.05) is 42.3 Å². The molecule has 0 fully saturated rings. The number of nitrogens with one attached hydrogen (secondary N) is 1. The van der Waals surface area contributed by atoms with Crippen LogP contribution in [0.15, 0.2) is 72.9 Å². The Morgan fingerprint density at radius 3 is 2.43 bits per heavy atom. The summed E-state index contributed by atoms with van der Waals surface area (Å²) in [6, 6.07) is 17.7. The second-order valence-corrected chi connectivity index (χ2v) is 6.28. The fourth-order valence-corrected chi connectivity index (χ4v) is 2.66. The van der Waals surface area contributed by atoms with Crippen LogP contribution >= 0.6 is 0 Å². The lowest BCUT2D eigenvalue weighted by molar-refractivity contribution is -0.137. The zero-order valence-electron chi connectivity index (χ0n) is 15.1.